The van der Waals surface area contributed by atoms with Gasteiger partial charge in [-0.25, -0.2) is 22.8 Å². The Hall–Kier alpha value is -3.64. The molecule has 0 spiro atoms. The van der Waals surface area contributed by atoms with Gasteiger partial charge in [0.05, 0.1) is 23.3 Å². The van der Waals surface area contributed by atoms with Crippen LogP contribution in [0.3, 0.4) is 0 Å². The normalized spacial score (nSPS) is 18.2. The topological polar surface area (TPSA) is 80.6 Å². The van der Waals surface area contributed by atoms with Gasteiger partial charge in [-0.05, 0) is 30.7 Å². The van der Waals surface area contributed by atoms with E-state index in [2.05, 4.69) is 9.97 Å². The van der Waals surface area contributed by atoms with Crippen molar-refractivity contribution in [1.82, 2.24) is 18.8 Å². The minimum Gasteiger partial charge on any atom is -0.434 e. The summed E-state index contributed by atoms with van der Waals surface area (Å²) < 4.78 is 73.1. The minimum atomic E-state index is -3.23. The number of imidazole rings is 1. The Labute approximate surface area is 223 Å². The van der Waals surface area contributed by atoms with Gasteiger partial charge in [-0.3, -0.25) is 0 Å². The molecule has 39 heavy (non-hydrogen) atoms. The van der Waals surface area contributed by atoms with E-state index in [4.69, 9.17) is 4.74 Å². The predicted octanol–water partition coefficient (Wildman–Crippen LogP) is 4.46. The number of ether oxygens (including phenoxy) is 1. The van der Waals surface area contributed by atoms with Crippen LogP contribution in [0, 0.1) is 5.82 Å². The minimum absolute atomic E-state index is 0.117. The zero-order valence-electron chi connectivity index (χ0n) is 21.1. The number of hydrogen-bond donors (Lipinski definition) is 0. The van der Waals surface area contributed by atoms with Gasteiger partial charge in [-0.15, -0.1) is 0 Å². The zero-order valence-corrected chi connectivity index (χ0v) is 21.9. The molecule has 2 aliphatic rings. The van der Waals surface area contributed by atoms with E-state index >= 15 is 4.39 Å². The van der Waals surface area contributed by atoms with Crippen LogP contribution < -0.4 is 9.64 Å². The molecule has 2 aromatic carbocycles. The number of fused-ring (bicyclic) bond motifs is 3. The fourth-order valence-electron chi connectivity index (χ4n) is 5.54. The molecule has 0 bridgehead atoms. The number of sulfonamides is 1. The maximum Gasteiger partial charge on any atom is 0.387 e. The van der Waals surface area contributed by atoms with E-state index in [0.29, 0.717) is 72.6 Å². The lowest BCUT2D eigenvalue weighted by atomic mass is 10.0. The van der Waals surface area contributed by atoms with Gasteiger partial charge in [0.1, 0.15) is 23.2 Å². The molecule has 0 radical (unpaired) electrons. The number of rotatable bonds is 6. The van der Waals surface area contributed by atoms with Crippen molar-refractivity contribution < 1.29 is 26.3 Å². The van der Waals surface area contributed by atoms with Crippen LogP contribution in [0.15, 0.2) is 54.7 Å². The van der Waals surface area contributed by atoms with E-state index in [9.17, 15) is 17.2 Å². The zero-order chi connectivity index (χ0) is 27.3. The second kappa shape index (κ2) is 9.83. The van der Waals surface area contributed by atoms with Crippen LogP contribution in [0.1, 0.15) is 23.9 Å². The van der Waals surface area contributed by atoms with Crippen LogP contribution in [-0.2, 0) is 16.4 Å². The molecule has 4 aromatic rings. The van der Waals surface area contributed by atoms with Crippen molar-refractivity contribution >= 4 is 26.9 Å². The first-order valence-electron chi connectivity index (χ1n) is 12.6. The summed E-state index contributed by atoms with van der Waals surface area (Å²) in [6, 6.07) is 13.2. The number of aromatic nitrogens is 3. The Balaban J connectivity index is 1.31. The average molecular weight is 558 g/mol. The third kappa shape index (κ3) is 4.82. The first-order chi connectivity index (χ1) is 18.7. The summed E-state index contributed by atoms with van der Waals surface area (Å²) >= 11 is 0. The largest absolute Gasteiger partial charge is 0.434 e. The Bertz CT molecular complexity index is 1630. The monoisotopic (exact) mass is 557 g/mol. The first kappa shape index (κ1) is 25.6. The lowest BCUT2D eigenvalue weighted by Crippen LogP contribution is -2.48. The maximum absolute atomic E-state index is 15.3. The summed E-state index contributed by atoms with van der Waals surface area (Å²) in [7, 11) is -3.23. The van der Waals surface area contributed by atoms with Gasteiger partial charge >= 0.3 is 6.61 Å². The number of alkyl halides is 2. The van der Waals surface area contributed by atoms with Crippen molar-refractivity contribution in [2.45, 2.75) is 25.5 Å². The van der Waals surface area contributed by atoms with Gasteiger partial charge in [-0.1, -0.05) is 18.2 Å². The third-order valence-corrected chi connectivity index (χ3v) is 8.69. The molecule has 1 fully saturated rings. The van der Waals surface area contributed by atoms with Gasteiger partial charge < -0.3 is 14.2 Å². The fourth-order valence-corrected chi connectivity index (χ4v) is 6.37. The molecule has 0 unspecified atom stereocenters. The number of nitrogens with zero attached hydrogens (tertiary/aromatic N) is 5. The van der Waals surface area contributed by atoms with Crippen molar-refractivity contribution in [3.8, 4) is 16.9 Å². The third-order valence-electron chi connectivity index (χ3n) is 7.39. The van der Waals surface area contributed by atoms with Gasteiger partial charge in [0.2, 0.25) is 10.0 Å². The SMILES string of the molecule is CS(=O)(=O)N1CCN(c2ccc(-c3cc4c(cc3F)nc3n4[C@H](c4ccccc4OC(F)F)CC3)cn2)CC1. The molecule has 1 saturated heterocycles. The number of anilines is 1. The fraction of sp³-hybridized carbons (Fsp3) is 0.333. The maximum atomic E-state index is 15.3. The highest BCUT2D eigenvalue weighted by Gasteiger charge is 2.30. The van der Waals surface area contributed by atoms with Gasteiger partial charge in [0, 0.05) is 61.6 Å². The molecular weight excluding hydrogens is 531 g/mol. The van der Waals surface area contributed by atoms with Crippen LogP contribution >= 0.6 is 0 Å². The van der Waals surface area contributed by atoms with E-state index in [1.54, 1.807) is 42.6 Å². The summed E-state index contributed by atoms with van der Waals surface area (Å²) in [4.78, 5) is 11.1. The molecule has 2 aliphatic heterocycles. The number of aryl methyl sites for hydroxylation is 1. The molecule has 204 valence electrons. The lowest BCUT2D eigenvalue weighted by molar-refractivity contribution is -0.0506. The number of para-hydroxylation sites is 1. The van der Waals surface area contributed by atoms with E-state index in [1.165, 1.54) is 22.7 Å². The number of pyridine rings is 1. The van der Waals surface area contributed by atoms with Crippen LogP contribution in [0.2, 0.25) is 0 Å². The van der Waals surface area contributed by atoms with Crippen LogP contribution in [-0.4, -0.2) is 66.3 Å². The second-order valence-electron chi connectivity index (χ2n) is 9.74. The standard InChI is InChI=1S/C27H26F3N5O3S/c1-39(36,37)34-12-10-33(11-13-34)25-8-6-17(16-31-25)19-14-23-21(15-20(19)28)32-26-9-7-22(35(23)26)18-4-2-3-5-24(18)38-27(29)30/h2-6,8,14-16,22,27H,7,9-13H2,1H3/t22-/m0/s1. The molecule has 1 atom stereocenters. The van der Waals surface area contributed by atoms with E-state index in [1.807, 2.05) is 9.47 Å². The van der Waals surface area contributed by atoms with Crippen molar-refractivity contribution in [1.29, 1.82) is 0 Å². The Morgan fingerprint density at radius 2 is 1.82 bits per heavy atom. The van der Waals surface area contributed by atoms with Crippen molar-refractivity contribution in [3.63, 3.8) is 0 Å². The molecular formula is C27H26F3N5O3S. The van der Waals surface area contributed by atoms with Crippen LogP contribution in [0.25, 0.3) is 22.2 Å². The summed E-state index contributed by atoms with van der Waals surface area (Å²) in [6.07, 6.45) is 4.10. The lowest BCUT2D eigenvalue weighted by Gasteiger charge is -2.34. The Morgan fingerprint density at radius 1 is 1.05 bits per heavy atom. The molecule has 12 heteroatoms. The molecule has 8 nitrogen and oxygen atoms in total. The average Bonchev–Trinajstić information content (AvgIpc) is 3.47. The molecule has 0 saturated carbocycles. The summed E-state index contributed by atoms with van der Waals surface area (Å²) in [6.45, 7) is -1.15. The molecule has 2 aromatic heterocycles. The van der Waals surface area contributed by atoms with Gasteiger partial charge in [0.25, 0.3) is 0 Å². The van der Waals surface area contributed by atoms with Crippen LogP contribution in [0.4, 0.5) is 19.0 Å². The van der Waals surface area contributed by atoms with Crippen molar-refractivity contribution in [2.75, 3.05) is 37.3 Å². The number of hydrogen-bond acceptors (Lipinski definition) is 6. The summed E-state index contributed by atoms with van der Waals surface area (Å²) in [5.41, 5.74) is 2.77. The molecule has 0 aliphatic carbocycles. The van der Waals surface area contributed by atoms with Crippen molar-refractivity contribution in [2.24, 2.45) is 0 Å². The quantitative estimate of drug-likeness (QED) is 0.349. The predicted molar refractivity (Wildman–Crippen MR) is 141 cm³/mol. The molecule has 6 rings (SSSR count). The first-order valence-corrected chi connectivity index (χ1v) is 14.4. The smallest absolute Gasteiger partial charge is 0.387 e. The highest BCUT2D eigenvalue weighted by molar-refractivity contribution is 7.88. The van der Waals surface area contributed by atoms with E-state index < -0.39 is 22.5 Å². The van der Waals surface area contributed by atoms with Gasteiger partial charge in [-0.2, -0.15) is 13.1 Å². The number of benzene rings is 2. The van der Waals surface area contributed by atoms with Crippen molar-refractivity contribution in [3.05, 3.63) is 71.9 Å². The Kier molecular flexibility index (Phi) is 6.46. The second-order valence-corrected chi connectivity index (χ2v) is 11.7. The molecule has 0 amide bonds. The highest BCUT2D eigenvalue weighted by atomic mass is 32.2. The highest BCUT2D eigenvalue weighted by Crippen LogP contribution is 2.41. The summed E-state index contributed by atoms with van der Waals surface area (Å²) in [5, 5.41) is 0. The van der Waals surface area contributed by atoms with E-state index in [0.717, 1.165) is 5.82 Å². The Morgan fingerprint density at radius 3 is 2.51 bits per heavy atom. The summed E-state index contributed by atoms with van der Waals surface area (Å²) in [5.74, 6) is 1.13. The number of piperazine rings is 1. The number of halogens is 3. The van der Waals surface area contributed by atoms with Crippen LogP contribution in [0.5, 0.6) is 5.75 Å². The molecule has 0 N–H and O–H groups in total. The molecule has 4 heterocycles. The van der Waals surface area contributed by atoms with Gasteiger partial charge in [0.15, 0.2) is 0 Å². The van der Waals surface area contributed by atoms with E-state index in [-0.39, 0.29) is 11.8 Å².